The van der Waals surface area contributed by atoms with Crippen LogP contribution in [0, 0.1) is 13.8 Å². The van der Waals surface area contributed by atoms with Crippen molar-refractivity contribution in [1.29, 1.82) is 0 Å². The van der Waals surface area contributed by atoms with Crippen LogP contribution in [0.2, 0.25) is 0 Å². The molecule has 4 aromatic carbocycles. The van der Waals surface area contributed by atoms with E-state index >= 15 is 0 Å². The summed E-state index contributed by atoms with van der Waals surface area (Å²) >= 11 is 0. The zero-order valence-corrected chi connectivity index (χ0v) is 12.9. The van der Waals surface area contributed by atoms with Crippen molar-refractivity contribution in [2.24, 2.45) is 0 Å². The van der Waals surface area contributed by atoms with E-state index in [0.29, 0.717) is 0 Å². The summed E-state index contributed by atoms with van der Waals surface area (Å²) in [6.45, 7) is 4.29. The van der Waals surface area contributed by atoms with Gasteiger partial charge in [-0.15, -0.1) is 0 Å². The van der Waals surface area contributed by atoms with Gasteiger partial charge < -0.3 is 0 Å². The van der Waals surface area contributed by atoms with Crippen LogP contribution in [-0.2, 0) is 0 Å². The maximum Gasteiger partial charge on any atom is -0.00268 e. The molecule has 0 N–H and O–H groups in total. The van der Waals surface area contributed by atoms with Crippen LogP contribution >= 0.6 is 0 Å². The van der Waals surface area contributed by atoms with Crippen molar-refractivity contribution >= 4 is 21.5 Å². The highest BCUT2D eigenvalue weighted by molar-refractivity contribution is 6.12. The largest absolute Gasteiger partial charge is 0.0616 e. The second kappa shape index (κ2) is 4.99. The number of hydrogen-bond acceptors (Lipinski definition) is 0. The Morgan fingerprint density at radius 1 is 0.545 bits per heavy atom. The summed E-state index contributed by atoms with van der Waals surface area (Å²) in [6, 6.07) is 26.6. The highest BCUT2D eigenvalue weighted by Crippen LogP contribution is 2.36. The van der Waals surface area contributed by atoms with Crippen molar-refractivity contribution in [2.45, 2.75) is 13.8 Å². The molecule has 0 atom stereocenters. The standard InChI is InChI=1S/C22H18/c1-15-7-10-17(11-8-15)22-20-6-4-3-5-18(20)14-19-13-16(2)9-12-21(19)22/h3-14H,1-2H3. The van der Waals surface area contributed by atoms with E-state index in [1.807, 2.05) is 0 Å². The van der Waals surface area contributed by atoms with Crippen LogP contribution in [0.5, 0.6) is 0 Å². The molecule has 0 aliphatic rings. The SMILES string of the molecule is Cc1ccc(-c2c3ccccc3cc3cc(C)ccc23)cc1. The quantitative estimate of drug-likeness (QED) is 0.360. The van der Waals surface area contributed by atoms with Crippen molar-refractivity contribution in [1.82, 2.24) is 0 Å². The molecule has 0 spiro atoms. The van der Waals surface area contributed by atoms with Gasteiger partial charge >= 0.3 is 0 Å². The van der Waals surface area contributed by atoms with Crippen LogP contribution < -0.4 is 0 Å². The van der Waals surface area contributed by atoms with Gasteiger partial charge in [0, 0.05) is 0 Å². The minimum atomic E-state index is 1.29. The van der Waals surface area contributed by atoms with Crippen LogP contribution in [0.25, 0.3) is 32.7 Å². The minimum absolute atomic E-state index is 1.29. The van der Waals surface area contributed by atoms with Crippen molar-refractivity contribution in [3.05, 3.63) is 83.9 Å². The zero-order valence-electron chi connectivity index (χ0n) is 12.9. The molecular formula is C22H18. The van der Waals surface area contributed by atoms with Gasteiger partial charge in [0.25, 0.3) is 0 Å². The van der Waals surface area contributed by atoms with E-state index < -0.39 is 0 Å². The summed E-state index contributed by atoms with van der Waals surface area (Å²) in [6.07, 6.45) is 0. The lowest BCUT2D eigenvalue weighted by molar-refractivity contribution is 1.47. The fourth-order valence-corrected chi connectivity index (χ4v) is 3.22. The molecule has 0 aliphatic carbocycles. The lowest BCUT2D eigenvalue weighted by atomic mass is 9.91. The molecule has 0 aliphatic heterocycles. The molecule has 0 heterocycles. The second-order valence-corrected chi connectivity index (χ2v) is 6.06. The lowest BCUT2D eigenvalue weighted by Crippen LogP contribution is -1.86. The monoisotopic (exact) mass is 282 g/mol. The van der Waals surface area contributed by atoms with E-state index in [9.17, 15) is 0 Å². The Labute approximate surface area is 131 Å². The Hall–Kier alpha value is -2.60. The number of fused-ring (bicyclic) bond motifs is 2. The topological polar surface area (TPSA) is 0 Å². The molecule has 0 aromatic heterocycles. The Bertz CT molecular complexity index is 976. The summed E-state index contributed by atoms with van der Waals surface area (Å²) in [4.78, 5) is 0. The summed E-state index contributed by atoms with van der Waals surface area (Å²) in [7, 11) is 0. The maximum atomic E-state index is 2.30. The number of aryl methyl sites for hydroxylation is 2. The van der Waals surface area contributed by atoms with Gasteiger partial charge in [-0.05, 0) is 52.6 Å². The van der Waals surface area contributed by atoms with E-state index in [0.717, 1.165) is 0 Å². The van der Waals surface area contributed by atoms with Crippen molar-refractivity contribution < 1.29 is 0 Å². The van der Waals surface area contributed by atoms with Gasteiger partial charge in [0.05, 0.1) is 0 Å². The third kappa shape index (κ3) is 2.08. The molecule has 0 radical (unpaired) electrons. The van der Waals surface area contributed by atoms with Crippen LogP contribution in [-0.4, -0.2) is 0 Å². The third-order valence-corrected chi connectivity index (χ3v) is 4.36. The van der Waals surface area contributed by atoms with Crippen molar-refractivity contribution in [3.63, 3.8) is 0 Å². The van der Waals surface area contributed by atoms with Gasteiger partial charge in [-0.25, -0.2) is 0 Å². The summed E-state index contributed by atoms with van der Waals surface area (Å²) < 4.78 is 0. The van der Waals surface area contributed by atoms with Gasteiger partial charge in [0.15, 0.2) is 0 Å². The van der Waals surface area contributed by atoms with Crippen molar-refractivity contribution in [2.75, 3.05) is 0 Å². The molecule has 0 saturated heterocycles. The molecule has 0 unspecified atom stereocenters. The molecule has 106 valence electrons. The smallest absolute Gasteiger partial charge is 0.00268 e. The third-order valence-electron chi connectivity index (χ3n) is 4.36. The van der Waals surface area contributed by atoms with Crippen LogP contribution in [0.1, 0.15) is 11.1 Å². The molecule has 0 nitrogen and oxygen atoms in total. The first-order valence-corrected chi connectivity index (χ1v) is 7.71. The molecular weight excluding hydrogens is 264 g/mol. The predicted molar refractivity (Wildman–Crippen MR) is 96.4 cm³/mol. The van der Waals surface area contributed by atoms with Crippen molar-refractivity contribution in [3.8, 4) is 11.1 Å². The molecule has 4 rings (SSSR count). The predicted octanol–water partition coefficient (Wildman–Crippen LogP) is 6.28. The molecule has 4 aromatic rings. The Morgan fingerprint density at radius 2 is 1.23 bits per heavy atom. The van der Waals surface area contributed by atoms with E-state index in [4.69, 9.17) is 0 Å². The van der Waals surface area contributed by atoms with E-state index in [1.54, 1.807) is 0 Å². The van der Waals surface area contributed by atoms with Gasteiger partial charge in [0.1, 0.15) is 0 Å². The minimum Gasteiger partial charge on any atom is -0.0616 e. The van der Waals surface area contributed by atoms with Gasteiger partial charge in [-0.1, -0.05) is 77.9 Å². The fourth-order valence-electron chi connectivity index (χ4n) is 3.22. The maximum absolute atomic E-state index is 2.30. The molecule has 22 heavy (non-hydrogen) atoms. The van der Waals surface area contributed by atoms with Crippen LogP contribution in [0.3, 0.4) is 0 Å². The highest BCUT2D eigenvalue weighted by Gasteiger charge is 2.09. The summed E-state index contributed by atoms with van der Waals surface area (Å²) in [5, 5.41) is 5.27. The Balaban J connectivity index is 2.18. The summed E-state index contributed by atoms with van der Waals surface area (Å²) in [5.74, 6) is 0. The molecule has 0 amide bonds. The average Bonchev–Trinajstić information content (AvgIpc) is 2.53. The first-order valence-electron chi connectivity index (χ1n) is 7.71. The number of rotatable bonds is 1. The normalized spacial score (nSPS) is 11.2. The molecule has 0 bridgehead atoms. The number of hydrogen-bond donors (Lipinski definition) is 0. The summed E-state index contributed by atoms with van der Waals surface area (Å²) in [5.41, 5.74) is 5.23. The first kappa shape index (κ1) is 13.1. The molecule has 0 saturated carbocycles. The van der Waals surface area contributed by atoms with Crippen LogP contribution in [0.15, 0.2) is 72.8 Å². The molecule has 0 heteroatoms. The molecule has 0 fully saturated rings. The average molecular weight is 282 g/mol. The van der Waals surface area contributed by atoms with E-state index in [-0.39, 0.29) is 0 Å². The Morgan fingerprint density at radius 3 is 2.05 bits per heavy atom. The van der Waals surface area contributed by atoms with E-state index in [2.05, 4.69) is 86.6 Å². The first-order chi connectivity index (χ1) is 10.7. The zero-order chi connectivity index (χ0) is 15.1. The Kier molecular flexibility index (Phi) is 2.97. The lowest BCUT2D eigenvalue weighted by Gasteiger charge is -2.13. The second-order valence-electron chi connectivity index (χ2n) is 6.06. The number of benzene rings is 4. The van der Waals surface area contributed by atoms with Gasteiger partial charge in [0.2, 0.25) is 0 Å². The van der Waals surface area contributed by atoms with Crippen LogP contribution in [0.4, 0.5) is 0 Å². The van der Waals surface area contributed by atoms with Gasteiger partial charge in [-0.2, -0.15) is 0 Å². The fraction of sp³-hybridized carbons (Fsp3) is 0.0909. The van der Waals surface area contributed by atoms with Gasteiger partial charge in [-0.3, -0.25) is 0 Å². The highest BCUT2D eigenvalue weighted by atomic mass is 14.1. The van der Waals surface area contributed by atoms with E-state index in [1.165, 1.54) is 43.8 Å².